The van der Waals surface area contributed by atoms with E-state index in [1.165, 1.54) is 61.5 Å². The quantitative estimate of drug-likeness (QED) is 0.0592. The number of rotatable bonds is 17. The molecule has 0 amide bonds. The second-order valence-corrected chi connectivity index (χ2v) is 12.4. The van der Waals surface area contributed by atoms with Crippen LogP contribution in [0.3, 0.4) is 0 Å². The van der Waals surface area contributed by atoms with Gasteiger partial charge in [-0.25, -0.2) is 24.0 Å². The van der Waals surface area contributed by atoms with Gasteiger partial charge in [-0.05, 0) is 104 Å². The van der Waals surface area contributed by atoms with Crippen molar-refractivity contribution >= 4 is 35.9 Å². The van der Waals surface area contributed by atoms with Crippen LogP contribution in [0.2, 0.25) is 0 Å². The molecule has 0 fully saturated rings. The van der Waals surface area contributed by atoms with Crippen LogP contribution in [0.15, 0.2) is 140 Å². The van der Waals surface area contributed by atoms with Gasteiger partial charge in [0.05, 0.1) is 18.1 Å². The number of benzene rings is 4. The summed E-state index contributed by atoms with van der Waals surface area (Å²) in [6.07, 6.45) is 2.93. The van der Waals surface area contributed by atoms with E-state index in [1.807, 2.05) is 36.4 Å². The van der Waals surface area contributed by atoms with Gasteiger partial charge in [0, 0.05) is 22.8 Å². The predicted molar refractivity (Wildman–Crippen MR) is 205 cm³/mol. The van der Waals surface area contributed by atoms with Gasteiger partial charge in [-0.3, -0.25) is 0 Å². The minimum Gasteiger partial charge on any atom is -0.493 e. The van der Waals surface area contributed by atoms with Crippen LogP contribution < -0.4 is 18.9 Å². The first-order valence-electron chi connectivity index (χ1n) is 17.0. The number of carbonyl (C=O) groups excluding carboxylic acids is 5. The molecule has 282 valence electrons. The molecule has 11 heteroatoms. The van der Waals surface area contributed by atoms with Crippen molar-refractivity contribution in [2.75, 3.05) is 19.8 Å². The van der Waals surface area contributed by atoms with Crippen molar-refractivity contribution in [3.8, 4) is 34.1 Å². The Bertz CT molecular complexity index is 2040. The summed E-state index contributed by atoms with van der Waals surface area (Å²) in [5, 5.41) is 0. The fraction of sp³-hybridized carbons (Fsp3) is 0.159. The van der Waals surface area contributed by atoms with Crippen LogP contribution in [-0.4, -0.2) is 49.7 Å². The molecule has 0 radical (unpaired) electrons. The molecule has 0 heterocycles. The van der Waals surface area contributed by atoms with Crippen LogP contribution >= 0.6 is 0 Å². The molecule has 11 nitrogen and oxygen atoms in total. The van der Waals surface area contributed by atoms with Gasteiger partial charge >= 0.3 is 29.8 Å². The summed E-state index contributed by atoms with van der Waals surface area (Å²) in [7, 11) is 0. The highest BCUT2D eigenvalue weighted by atomic mass is 16.6. The number of hydrogen-bond acceptors (Lipinski definition) is 11. The number of esters is 5. The first-order chi connectivity index (χ1) is 26.3. The minimum absolute atomic E-state index is 0.0183. The van der Waals surface area contributed by atoms with E-state index in [0.29, 0.717) is 5.75 Å². The van der Waals surface area contributed by atoms with Gasteiger partial charge in [-0.2, -0.15) is 0 Å². The van der Waals surface area contributed by atoms with Crippen molar-refractivity contribution in [1.29, 1.82) is 0 Å². The van der Waals surface area contributed by atoms with E-state index in [2.05, 4.69) is 19.7 Å². The molecule has 0 atom stereocenters. The maximum Gasteiger partial charge on any atom is 0.343 e. The normalized spacial score (nSPS) is 10.6. The average Bonchev–Trinajstić information content (AvgIpc) is 3.17. The van der Waals surface area contributed by atoms with E-state index in [9.17, 15) is 24.0 Å². The van der Waals surface area contributed by atoms with Gasteiger partial charge < -0.3 is 28.4 Å². The van der Waals surface area contributed by atoms with E-state index in [-0.39, 0.29) is 59.4 Å². The van der Waals surface area contributed by atoms with Crippen LogP contribution in [0.1, 0.15) is 36.7 Å². The SMILES string of the molecule is C=C(C)C(=O)OCC(COC(=O)C(=C)C)COc1ccc(-c2ccc(/C=C/C(=O)Oc3ccc(OC(=O)c4ccc(OC(=O)C(=C)C)cc4)cc3)cc2)cc1. The third kappa shape index (κ3) is 13.2. The monoisotopic (exact) mass is 744 g/mol. The fourth-order valence-corrected chi connectivity index (χ4v) is 4.43. The highest BCUT2D eigenvalue weighted by Crippen LogP contribution is 2.24. The average molecular weight is 745 g/mol. The van der Waals surface area contributed by atoms with Crippen molar-refractivity contribution in [1.82, 2.24) is 0 Å². The highest BCUT2D eigenvalue weighted by molar-refractivity contribution is 5.92. The summed E-state index contributed by atoms with van der Waals surface area (Å²) >= 11 is 0. The molecule has 55 heavy (non-hydrogen) atoms. The molecule has 0 bridgehead atoms. The fourth-order valence-electron chi connectivity index (χ4n) is 4.43. The zero-order valence-electron chi connectivity index (χ0n) is 30.7. The van der Waals surface area contributed by atoms with Crippen LogP contribution in [0, 0.1) is 5.92 Å². The second kappa shape index (κ2) is 19.7. The second-order valence-electron chi connectivity index (χ2n) is 12.4. The lowest BCUT2D eigenvalue weighted by Gasteiger charge is -2.18. The van der Waals surface area contributed by atoms with Gasteiger partial charge in [0.25, 0.3) is 0 Å². The Morgan fingerprint density at radius 3 is 1.47 bits per heavy atom. The molecule has 0 spiro atoms. The van der Waals surface area contributed by atoms with Crippen LogP contribution in [-0.2, 0) is 28.7 Å². The zero-order chi connectivity index (χ0) is 39.9. The van der Waals surface area contributed by atoms with Gasteiger partial charge in [0.2, 0.25) is 0 Å². The molecule has 0 aliphatic carbocycles. The molecule has 0 aliphatic heterocycles. The molecule has 4 rings (SSSR count). The van der Waals surface area contributed by atoms with Crippen molar-refractivity contribution in [3.05, 3.63) is 151 Å². The van der Waals surface area contributed by atoms with E-state index in [1.54, 1.807) is 32.1 Å². The Labute approximate surface area is 319 Å². The number of hydrogen-bond donors (Lipinski definition) is 0. The first-order valence-corrected chi connectivity index (χ1v) is 17.0. The molecular weight excluding hydrogens is 704 g/mol. The first kappa shape index (κ1) is 40.8. The van der Waals surface area contributed by atoms with Crippen molar-refractivity contribution < 1.29 is 52.4 Å². The van der Waals surface area contributed by atoms with Crippen LogP contribution in [0.25, 0.3) is 17.2 Å². The highest BCUT2D eigenvalue weighted by Gasteiger charge is 2.17. The van der Waals surface area contributed by atoms with Gasteiger partial charge in [-0.15, -0.1) is 0 Å². The van der Waals surface area contributed by atoms with E-state index in [0.717, 1.165) is 16.7 Å². The van der Waals surface area contributed by atoms with Gasteiger partial charge in [0.15, 0.2) is 0 Å². The Morgan fingerprint density at radius 1 is 0.527 bits per heavy atom. The molecule has 0 N–H and O–H groups in total. The van der Waals surface area contributed by atoms with Gasteiger partial charge in [0.1, 0.15) is 36.2 Å². The Balaban J connectivity index is 1.25. The van der Waals surface area contributed by atoms with Crippen molar-refractivity contribution in [2.24, 2.45) is 5.92 Å². The Morgan fingerprint density at radius 2 is 0.964 bits per heavy atom. The van der Waals surface area contributed by atoms with Crippen molar-refractivity contribution in [2.45, 2.75) is 20.8 Å². The smallest absolute Gasteiger partial charge is 0.343 e. The van der Waals surface area contributed by atoms with E-state index < -0.39 is 35.8 Å². The van der Waals surface area contributed by atoms with Gasteiger partial charge in [-0.1, -0.05) is 56.1 Å². The van der Waals surface area contributed by atoms with Crippen LogP contribution in [0.5, 0.6) is 23.0 Å². The zero-order valence-corrected chi connectivity index (χ0v) is 30.7. The molecule has 4 aromatic rings. The summed E-state index contributed by atoms with van der Waals surface area (Å²) in [4.78, 5) is 60.4. The molecule has 4 aromatic carbocycles. The minimum atomic E-state index is -0.620. The molecule has 0 saturated heterocycles. The number of ether oxygens (including phenoxy) is 6. The predicted octanol–water partition coefficient (Wildman–Crippen LogP) is 7.91. The summed E-state index contributed by atoms with van der Waals surface area (Å²) in [6, 6.07) is 26.8. The third-order valence-electron chi connectivity index (χ3n) is 7.49. The number of carbonyl (C=O) groups is 5. The Hall–Kier alpha value is -7.01. The maximum absolute atomic E-state index is 12.5. The molecule has 0 aromatic heterocycles. The Kier molecular flexibility index (Phi) is 14.6. The summed E-state index contributed by atoms with van der Waals surface area (Å²) in [6.45, 7) is 15.4. The summed E-state index contributed by atoms with van der Waals surface area (Å²) in [5.74, 6) is -1.94. The van der Waals surface area contributed by atoms with E-state index >= 15 is 0 Å². The standard InChI is InChI=1S/C44H40O11/c1-28(2)41(46)51-26-32(27-52-42(47)29(3)4)25-50-36-16-12-34(13-17-36)33-10-7-31(8-11-33)9-24-40(45)53-37-20-22-39(23-21-37)55-44(49)35-14-18-38(19-15-35)54-43(48)30(5)6/h7-24,32H,1,3,5,25-27H2,2,4,6H3/b24-9+. The summed E-state index contributed by atoms with van der Waals surface area (Å²) < 4.78 is 32.3. The summed E-state index contributed by atoms with van der Waals surface area (Å²) in [5.41, 5.74) is 3.66. The molecule has 0 saturated carbocycles. The molecule has 0 aliphatic rings. The topological polar surface area (TPSA) is 141 Å². The molecule has 0 unspecified atom stereocenters. The lowest BCUT2D eigenvalue weighted by atomic mass is 10.0. The van der Waals surface area contributed by atoms with Crippen molar-refractivity contribution in [3.63, 3.8) is 0 Å². The maximum atomic E-state index is 12.5. The largest absolute Gasteiger partial charge is 0.493 e. The lowest BCUT2D eigenvalue weighted by molar-refractivity contribution is -0.145. The third-order valence-corrected chi connectivity index (χ3v) is 7.49. The van der Waals surface area contributed by atoms with Crippen LogP contribution in [0.4, 0.5) is 0 Å². The van der Waals surface area contributed by atoms with E-state index in [4.69, 9.17) is 28.4 Å². The molecular formula is C44H40O11. The lowest BCUT2D eigenvalue weighted by Crippen LogP contribution is -2.26.